The predicted octanol–water partition coefficient (Wildman–Crippen LogP) is 7.03. The van der Waals surface area contributed by atoms with E-state index in [9.17, 15) is 4.39 Å². The topological polar surface area (TPSA) is 69.4 Å². The van der Waals surface area contributed by atoms with Crippen LogP contribution in [0.2, 0.25) is 0 Å². The Labute approximate surface area is 227 Å². The third-order valence-corrected chi connectivity index (χ3v) is 6.62. The van der Waals surface area contributed by atoms with E-state index in [1.54, 1.807) is 18.3 Å². The highest BCUT2D eigenvalue weighted by Crippen LogP contribution is 2.31. The van der Waals surface area contributed by atoms with Gasteiger partial charge in [0.25, 0.3) is 0 Å². The molecular formula is C33H32FN5. The van der Waals surface area contributed by atoms with Gasteiger partial charge < -0.3 is 10.3 Å². The number of pyridine rings is 1. The summed E-state index contributed by atoms with van der Waals surface area (Å²) in [5, 5.41) is 13.6. The second-order valence-corrected chi connectivity index (χ2v) is 10.2. The molecule has 0 bridgehead atoms. The van der Waals surface area contributed by atoms with Crippen LogP contribution in [0.1, 0.15) is 32.8 Å². The summed E-state index contributed by atoms with van der Waals surface area (Å²) in [7, 11) is 0. The Balaban J connectivity index is 1.43. The lowest BCUT2D eigenvalue weighted by atomic mass is 10.0. The fourth-order valence-corrected chi connectivity index (χ4v) is 4.71. The van der Waals surface area contributed by atoms with E-state index in [0.717, 1.165) is 72.9 Å². The quantitative estimate of drug-likeness (QED) is 0.207. The van der Waals surface area contributed by atoms with E-state index in [1.165, 1.54) is 6.07 Å². The normalized spacial score (nSPS) is 12.4. The van der Waals surface area contributed by atoms with E-state index in [2.05, 4.69) is 58.6 Å². The average molecular weight is 518 g/mol. The summed E-state index contributed by atoms with van der Waals surface area (Å²) in [5.74, 6) is 0.278. The number of nitrogens with zero attached hydrogens (tertiary/aromatic N) is 2. The summed E-state index contributed by atoms with van der Waals surface area (Å²) >= 11 is 0. The largest absolute Gasteiger partial charge is 0.358 e. The minimum absolute atomic E-state index is 0.258. The standard InChI is InChI=1S/C33H32FN5/c1-20(2)14-22(4)36-27-16-25(18-35-19-27)21(3)12-13-30-23(5)33(39-38-30)32-17-29-28(10-7-11-31(29)37-32)24-8-6-9-26(34)15-24/h6-13,15-20,36-38H,4-5,14H2,1-3H3/b21-12+,30-13+. The number of anilines is 1. The molecule has 0 atom stereocenters. The molecule has 5 nitrogen and oxygen atoms in total. The lowest BCUT2D eigenvalue weighted by molar-refractivity contribution is 0.628. The molecular weight excluding hydrogens is 485 g/mol. The van der Waals surface area contributed by atoms with Gasteiger partial charge in [0.1, 0.15) is 11.5 Å². The number of nitrogens with one attached hydrogen (secondary N) is 3. The molecule has 0 saturated carbocycles. The zero-order valence-corrected chi connectivity index (χ0v) is 22.5. The van der Waals surface area contributed by atoms with Crippen molar-refractivity contribution in [2.45, 2.75) is 27.2 Å². The van der Waals surface area contributed by atoms with Crippen LogP contribution in [0, 0.1) is 11.7 Å². The summed E-state index contributed by atoms with van der Waals surface area (Å²) in [5.41, 5.74) is 8.29. The van der Waals surface area contributed by atoms with E-state index in [1.807, 2.05) is 55.6 Å². The monoisotopic (exact) mass is 517 g/mol. The van der Waals surface area contributed by atoms with E-state index < -0.39 is 0 Å². The summed E-state index contributed by atoms with van der Waals surface area (Å²) in [6.07, 6.45) is 8.57. The zero-order chi connectivity index (χ0) is 27.5. The highest BCUT2D eigenvalue weighted by Gasteiger charge is 2.12. The molecule has 0 radical (unpaired) electrons. The first-order valence-electron chi connectivity index (χ1n) is 13.0. The summed E-state index contributed by atoms with van der Waals surface area (Å²) in [6.45, 7) is 14.8. The number of aromatic nitrogens is 4. The summed E-state index contributed by atoms with van der Waals surface area (Å²) in [4.78, 5) is 7.84. The van der Waals surface area contributed by atoms with E-state index in [4.69, 9.17) is 0 Å². The number of benzene rings is 2. The smallest absolute Gasteiger partial charge is 0.123 e. The van der Waals surface area contributed by atoms with Gasteiger partial charge in [-0.25, -0.2) is 4.39 Å². The predicted molar refractivity (Wildman–Crippen MR) is 161 cm³/mol. The van der Waals surface area contributed by atoms with Gasteiger partial charge in [0.15, 0.2) is 0 Å². The summed E-state index contributed by atoms with van der Waals surface area (Å²) < 4.78 is 13.9. The molecule has 5 aromatic rings. The van der Waals surface area contributed by atoms with Crippen LogP contribution in [0.25, 0.3) is 51.6 Å². The fraction of sp³-hybridized carbons (Fsp3) is 0.152. The van der Waals surface area contributed by atoms with Crippen LogP contribution in [-0.2, 0) is 0 Å². The van der Waals surface area contributed by atoms with Crippen molar-refractivity contribution in [2.24, 2.45) is 5.92 Å². The first-order valence-corrected chi connectivity index (χ1v) is 13.0. The van der Waals surface area contributed by atoms with E-state index in [-0.39, 0.29) is 5.82 Å². The SMILES string of the molecule is C=C(CC(C)C)Nc1cncc(/C(C)=C/C=c2/[nH]nc(-c3cc4c(-c5cccc(F)c5)cccc4[nH]3)c2=C)c1. The highest BCUT2D eigenvalue weighted by molar-refractivity contribution is 5.98. The van der Waals surface area contributed by atoms with Crippen LogP contribution in [0.15, 0.2) is 85.3 Å². The lowest BCUT2D eigenvalue weighted by Gasteiger charge is -2.12. The van der Waals surface area contributed by atoms with E-state index >= 15 is 0 Å². The van der Waals surface area contributed by atoms with Crippen molar-refractivity contribution in [3.8, 4) is 22.5 Å². The van der Waals surface area contributed by atoms with Gasteiger partial charge in [0.2, 0.25) is 0 Å². The first-order chi connectivity index (χ1) is 18.8. The maximum Gasteiger partial charge on any atom is 0.123 e. The van der Waals surface area contributed by atoms with Gasteiger partial charge in [-0.15, -0.1) is 0 Å². The third-order valence-electron chi connectivity index (χ3n) is 6.62. The molecule has 39 heavy (non-hydrogen) atoms. The second kappa shape index (κ2) is 11.0. The molecule has 0 spiro atoms. The molecule has 0 saturated heterocycles. The molecule has 196 valence electrons. The van der Waals surface area contributed by atoms with Gasteiger partial charge in [0, 0.05) is 28.0 Å². The van der Waals surface area contributed by atoms with Crippen LogP contribution in [-0.4, -0.2) is 20.2 Å². The van der Waals surface area contributed by atoms with Crippen molar-refractivity contribution in [1.82, 2.24) is 20.2 Å². The highest BCUT2D eigenvalue weighted by atomic mass is 19.1. The number of hydrogen-bond acceptors (Lipinski definition) is 3. The van der Waals surface area contributed by atoms with Gasteiger partial charge in [-0.3, -0.25) is 10.1 Å². The Bertz CT molecular complexity index is 1810. The van der Waals surface area contributed by atoms with Crippen LogP contribution in [0.5, 0.6) is 0 Å². The maximum absolute atomic E-state index is 13.9. The number of halogens is 1. The van der Waals surface area contributed by atoms with Crippen LogP contribution < -0.4 is 15.9 Å². The number of hydrogen-bond donors (Lipinski definition) is 3. The van der Waals surface area contributed by atoms with Crippen LogP contribution in [0.3, 0.4) is 0 Å². The van der Waals surface area contributed by atoms with Gasteiger partial charge in [-0.1, -0.05) is 57.3 Å². The number of rotatable bonds is 8. The van der Waals surface area contributed by atoms with E-state index in [0.29, 0.717) is 5.92 Å². The Kier molecular flexibility index (Phi) is 7.28. The lowest BCUT2D eigenvalue weighted by Crippen LogP contribution is -2.21. The summed E-state index contributed by atoms with van der Waals surface area (Å²) in [6, 6.07) is 16.7. The van der Waals surface area contributed by atoms with Crippen molar-refractivity contribution in [2.75, 3.05) is 5.32 Å². The molecule has 2 aromatic carbocycles. The van der Waals surface area contributed by atoms with Crippen molar-refractivity contribution >= 4 is 34.8 Å². The Morgan fingerprint density at radius 2 is 1.92 bits per heavy atom. The van der Waals surface area contributed by atoms with Crippen molar-refractivity contribution in [1.29, 1.82) is 0 Å². The molecule has 0 fully saturated rings. The number of fused-ring (bicyclic) bond motifs is 1. The van der Waals surface area contributed by atoms with Crippen molar-refractivity contribution in [3.63, 3.8) is 0 Å². The minimum atomic E-state index is -0.258. The van der Waals surface area contributed by atoms with Gasteiger partial charge in [-0.05, 0) is 77.9 Å². The average Bonchev–Trinajstić information content (AvgIpc) is 3.49. The zero-order valence-electron chi connectivity index (χ0n) is 22.5. The molecule has 0 unspecified atom stereocenters. The van der Waals surface area contributed by atoms with Gasteiger partial charge >= 0.3 is 0 Å². The minimum Gasteiger partial charge on any atom is -0.358 e. The van der Waals surface area contributed by atoms with Crippen LogP contribution >= 0.6 is 0 Å². The molecule has 0 aliphatic rings. The number of aromatic amines is 2. The Morgan fingerprint density at radius 1 is 1.10 bits per heavy atom. The number of H-pyrrole nitrogens is 2. The maximum atomic E-state index is 13.9. The molecule has 3 heterocycles. The Morgan fingerprint density at radius 3 is 2.72 bits per heavy atom. The van der Waals surface area contributed by atoms with Crippen molar-refractivity contribution < 1.29 is 4.39 Å². The molecule has 0 amide bonds. The molecule has 0 aliphatic carbocycles. The molecule has 3 N–H and O–H groups in total. The molecule has 3 aromatic heterocycles. The molecule has 0 aliphatic heterocycles. The second-order valence-electron chi connectivity index (χ2n) is 10.2. The first kappa shape index (κ1) is 25.9. The molecule has 5 rings (SSSR count). The number of allylic oxidation sites excluding steroid dienone is 3. The van der Waals surface area contributed by atoms with Crippen molar-refractivity contribution in [3.05, 3.63) is 107 Å². The van der Waals surface area contributed by atoms with Crippen LogP contribution in [0.4, 0.5) is 10.1 Å². The third kappa shape index (κ3) is 5.75. The fourth-order valence-electron chi connectivity index (χ4n) is 4.71. The Hall–Kier alpha value is -4.71. The van der Waals surface area contributed by atoms with Gasteiger partial charge in [-0.2, -0.15) is 5.10 Å². The molecule has 6 heteroatoms. The van der Waals surface area contributed by atoms with Gasteiger partial charge in [0.05, 0.1) is 22.9 Å².